The molecule has 4 heteroatoms. The molecule has 1 aromatic carbocycles. The van der Waals surface area contributed by atoms with Crippen LogP contribution in [0, 0.1) is 11.8 Å². The molecule has 1 aliphatic carbocycles. The number of carboxylic acid groups (broad SMARTS) is 1. The molecule has 2 atom stereocenters. The zero-order valence-electron chi connectivity index (χ0n) is 12.7. The van der Waals surface area contributed by atoms with Gasteiger partial charge in [0.25, 0.3) is 0 Å². The van der Waals surface area contributed by atoms with Crippen molar-refractivity contribution in [1.82, 2.24) is 5.32 Å². The molecule has 2 rings (SSSR count). The van der Waals surface area contributed by atoms with E-state index >= 15 is 0 Å². The second-order valence-electron chi connectivity index (χ2n) is 5.70. The Kier molecular flexibility index (Phi) is 6.05. The van der Waals surface area contributed by atoms with Gasteiger partial charge in [0, 0.05) is 6.54 Å². The Hall–Kier alpha value is -1.55. The molecule has 1 aromatic rings. The average molecular weight is 291 g/mol. The molecule has 4 nitrogen and oxygen atoms in total. The molecule has 0 heterocycles. The molecule has 2 unspecified atom stereocenters. The molecule has 0 spiro atoms. The number of carboxylic acids is 1. The van der Waals surface area contributed by atoms with Gasteiger partial charge >= 0.3 is 5.97 Å². The Bertz CT molecular complexity index is 444. The van der Waals surface area contributed by atoms with Crippen LogP contribution in [0.25, 0.3) is 0 Å². The summed E-state index contributed by atoms with van der Waals surface area (Å²) >= 11 is 0. The molecule has 0 saturated heterocycles. The topological polar surface area (TPSA) is 58.6 Å². The lowest BCUT2D eigenvalue weighted by molar-refractivity contribution is -0.144. The molecule has 0 amide bonds. The highest BCUT2D eigenvalue weighted by molar-refractivity contribution is 5.70. The highest BCUT2D eigenvalue weighted by Gasteiger charge is 2.30. The van der Waals surface area contributed by atoms with Crippen LogP contribution in [0.15, 0.2) is 24.3 Å². The Morgan fingerprint density at radius 1 is 1.29 bits per heavy atom. The predicted molar refractivity (Wildman–Crippen MR) is 82.4 cm³/mol. The van der Waals surface area contributed by atoms with Gasteiger partial charge in [0.1, 0.15) is 5.75 Å². The molecular formula is C17H25NO3. The van der Waals surface area contributed by atoms with Crippen LogP contribution >= 0.6 is 0 Å². The predicted octanol–water partition coefficient (Wildman–Crippen LogP) is 3.07. The molecule has 1 saturated carbocycles. The van der Waals surface area contributed by atoms with Gasteiger partial charge in [-0.3, -0.25) is 4.79 Å². The van der Waals surface area contributed by atoms with Gasteiger partial charge in [0.15, 0.2) is 0 Å². The Labute approximate surface area is 126 Å². The lowest BCUT2D eigenvalue weighted by Crippen LogP contribution is -2.34. The zero-order chi connectivity index (χ0) is 15.1. The van der Waals surface area contributed by atoms with Gasteiger partial charge in [0.05, 0.1) is 12.5 Å². The van der Waals surface area contributed by atoms with Crippen molar-refractivity contribution >= 4 is 5.97 Å². The minimum atomic E-state index is -0.637. The van der Waals surface area contributed by atoms with Gasteiger partial charge < -0.3 is 15.2 Å². The van der Waals surface area contributed by atoms with Gasteiger partial charge in [-0.2, -0.15) is 0 Å². The lowest BCUT2D eigenvalue weighted by Gasteiger charge is -2.28. The first-order valence-electron chi connectivity index (χ1n) is 7.86. The fourth-order valence-electron chi connectivity index (χ4n) is 3.05. The standard InChI is InChI=1S/C17H25NO3/c1-2-21-15-9-7-13(8-10-15)11-18-12-14-5-3-4-6-16(14)17(19)20/h7-10,14,16,18H,2-6,11-12H2,1H3,(H,19,20). The summed E-state index contributed by atoms with van der Waals surface area (Å²) < 4.78 is 5.42. The summed E-state index contributed by atoms with van der Waals surface area (Å²) in [5.41, 5.74) is 1.20. The molecule has 0 aliphatic heterocycles. The van der Waals surface area contributed by atoms with Crippen molar-refractivity contribution < 1.29 is 14.6 Å². The number of nitrogens with one attached hydrogen (secondary N) is 1. The van der Waals surface area contributed by atoms with Crippen LogP contribution in [0.3, 0.4) is 0 Å². The summed E-state index contributed by atoms with van der Waals surface area (Å²) in [5, 5.41) is 12.7. The highest BCUT2D eigenvalue weighted by atomic mass is 16.5. The van der Waals surface area contributed by atoms with E-state index in [1.165, 1.54) is 5.56 Å². The number of rotatable bonds is 7. The third kappa shape index (κ3) is 4.74. The van der Waals surface area contributed by atoms with E-state index in [0.29, 0.717) is 6.61 Å². The maximum atomic E-state index is 11.3. The first kappa shape index (κ1) is 15.8. The lowest BCUT2D eigenvalue weighted by atomic mass is 9.79. The van der Waals surface area contributed by atoms with Crippen molar-refractivity contribution in [2.45, 2.75) is 39.2 Å². The maximum Gasteiger partial charge on any atom is 0.306 e. The summed E-state index contributed by atoms with van der Waals surface area (Å²) in [6.07, 6.45) is 4.05. The van der Waals surface area contributed by atoms with E-state index in [4.69, 9.17) is 4.74 Å². The van der Waals surface area contributed by atoms with E-state index in [2.05, 4.69) is 5.32 Å². The molecule has 1 aliphatic rings. The van der Waals surface area contributed by atoms with Gasteiger partial charge in [0.2, 0.25) is 0 Å². The summed E-state index contributed by atoms with van der Waals surface area (Å²) in [5.74, 6) is 0.340. The fraction of sp³-hybridized carbons (Fsp3) is 0.588. The number of aliphatic carboxylic acids is 1. The quantitative estimate of drug-likeness (QED) is 0.810. The number of benzene rings is 1. The monoisotopic (exact) mass is 291 g/mol. The van der Waals surface area contributed by atoms with Crippen molar-refractivity contribution in [3.8, 4) is 5.75 Å². The molecule has 0 radical (unpaired) electrons. The van der Waals surface area contributed by atoms with Crippen LogP contribution in [0.1, 0.15) is 38.2 Å². The second kappa shape index (κ2) is 8.03. The average Bonchev–Trinajstić information content (AvgIpc) is 2.50. The van der Waals surface area contributed by atoms with Crippen molar-refractivity contribution in [2.24, 2.45) is 11.8 Å². The molecule has 116 valence electrons. The van der Waals surface area contributed by atoms with E-state index in [1.807, 2.05) is 31.2 Å². The summed E-state index contributed by atoms with van der Waals surface area (Å²) in [4.78, 5) is 11.3. The van der Waals surface area contributed by atoms with Crippen molar-refractivity contribution in [3.05, 3.63) is 29.8 Å². The first-order valence-corrected chi connectivity index (χ1v) is 7.86. The van der Waals surface area contributed by atoms with Crippen LogP contribution in [0.2, 0.25) is 0 Å². The number of carbonyl (C=O) groups is 1. The van der Waals surface area contributed by atoms with Gasteiger partial charge in [-0.15, -0.1) is 0 Å². The summed E-state index contributed by atoms with van der Waals surface area (Å²) in [6.45, 7) is 4.20. The summed E-state index contributed by atoms with van der Waals surface area (Å²) in [7, 11) is 0. The minimum Gasteiger partial charge on any atom is -0.494 e. The van der Waals surface area contributed by atoms with Crippen LogP contribution in [-0.2, 0) is 11.3 Å². The van der Waals surface area contributed by atoms with Crippen LogP contribution in [0.5, 0.6) is 5.75 Å². The minimum absolute atomic E-state index is 0.174. The third-order valence-electron chi connectivity index (χ3n) is 4.20. The third-order valence-corrected chi connectivity index (χ3v) is 4.20. The van der Waals surface area contributed by atoms with E-state index in [1.54, 1.807) is 0 Å². The fourth-order valence-corrected chi connectivity index (χ4v) is 3.05. The molecular weight excluding hydrogens is 266 g/mol. The van der Waals surface area contributed by atoms with Crippen LogP contribution < -0.4 is 10.1 Å². The van der Waals surface area contributed by atoms with Crippen LogP contribution in [0.4, 0.5) is 0 Å². The van der Waals surface area contributed by atoms with E-state index in [9.17, 15) is 9.90 Å². The molecule has 0 bridgehead atoms. The molecule has 1 fully saturated rings. The SMILES string of the molecule is CCOc1ccc(CNCC2CCCCC2C(=O)O)cc1. The first-order chi connectivity index (χ1) is 10.2. The van der Waals surface area contributed by atoms with Crippen molar-refractivity contribution in [1.29, 1.82) is 0 Å². The zero-order valence-corrected chi connectivity index (χ0v) is 12.7. The molecule has 21 heavy (non-hydrogen) atoms. The normalized spacial score (nSPS) is 22.0. The Morgan fingerprint density at radius 3 is 2.67 bits per heavy atom. The number of hydrogen-bond donors (Lipinski definition) is 2. The van der Waals surface area contributed by atoms with Gasteiger partial charge in [-0.1, -0.05) is 25.0 Å². The van der Waals surface area contributed by atoms with Crippen molar-refractivity contribution in [2.75, 3.05) is 13.2 Å². The van der Waals surface area contributed by atoms with E-state index < -0.39 is 5.97 Å². The van der Waals surface area contributed by atoms with Gasteiger partial charge in [-0.05, 0) is 49.9 Å². The molecule has 2 N–H and O–H groups in total. The Balaban J connectivity index is 1.78. The van der Waals surface area contributed by atoms with Crippen molar-refractivity contribution in [3.63, 3.8) is 0 Å². The van der Waals surface area contributed by atoms with E-state index in [-0.39, 0.29) is 11.8 Å². The maximum absolute atomic E-state index is 11.3. The van der Waals surface area contributed by atoms with E-state index in [0.717, 1.165) is 44.5 Å². The number of ether oxygens (including phenoxy) is 1. The molecule has 0 aromatic heterocycles. The number of hydrogen-bond acceptors (Lipinski definition) is 3. The Morgan fingerprint density at radius 2 is 2.00 bits per heavy atom. The summed E-state index contributed by atoms with van der Waals surface area (Å²) in [6, 6.07) is 8.05. The van der Waals surface area contributed by atoms with Gasteiger partial charge in [-0.25, -0.2) is 0 Å². The smallest absolute Gasteiger partial charge is 0.306 e. The second-order valence-corrected chi connectivity index (χ2v) is 5.70. The largest absolute Gasteiger partial charge is 0.494 e. The van der Waals surface area contributed by atoms with Crippen LogP contribution in [-0.4, -0.2) is 24.2 Å². The highest BCUT2D eigenvalue weighted by Crippen LogP contribution is 2.29.